The van der Waals surface area contributed by atoms with Crippen LogP contribution >= 0.6 is 23.2 Å². The van der Waals surface area contributed by atoms with Crippen LogP contribution in [-0.2, 0) is 11.3 Å². The first kappa shape index (κ1) is 11.3. The van der Waals surface area contributed by atoms with Crippen LogP contribution in [0, 0.1) is 5.92 Å². The molecule has 1 aliphatic carbocycles. The summed E-state index contributed by atoms with van der Waals surface area (Å²) in [6, 6.07) is 10.2. The van der Waals surface area contributed by atoms with Gasteiger partial charge in [-0.05, 0) is 24.3 Å². The molecule has 0 bridgehead atoms. The molecule has 1 aliphatic rings. The van der Waals surface area contributed by atoms with Gasteiger partial charge in [-0.25, -0.2) is 0 Å². The van der Waals surface area contributed by atoms with E-state index in [1.165, 1.54) is 5.56 Å². The fourth-order valence-corrected chi connectivity index (χ4v) is 2.16. The summed E-state index contributed by atoms with van der Waals surface area (Å²) in [5, 5.41) is 0. The second-order valence-electron chi connectivity index (χ2n) is 3.99. The SMILES string of the molecule is ClC1(Cl)CC1CCOCc1ccccc1. The predicted octanol–water partition coefficient (Wildman–Crippen LogP) is 3.79. The van der Waals surface area contributed by atoms with E-state index in [4.69, 9.17) is 27.9 Å². The van der Waals surface area contributed by atoms with Gasteiger partial charge in [-0.15, -0.1) is 23.2 Å². The molecular weight excluding hydrogens is 231 g/mol. The van der Waals surface area contributed by atoms with Gasteiger partial charge in [-0.3, -0.25) is 0 Å². The van der Waals surface area contributed by atoms with Gasteiger partial charge in [0, 0.05) is 6.61 Å². The number of alkyl halides is 2. The normalized spacial score (nSPS) is 22.7. The van der Waals surface area contributed by atoms with Crippen molar-refractivity contribution in [2.24, 2.45) is 5.92 Å². The maximum absolute atomic E-state index is 5.91. The van der Waals surface area contributed by atoms with Crippen LogP contribution in [0.2, 0.25) is 0 Å². The van der Waals surface area contributed by atoms with Gasteiger partial charge in [0.25, 0.3) is 0 Å². The molecule has 1 aromatic carbocycles. The van der Waals surface area contributed by atoms with E-state index >= 15 is 0 Å². The van der Waals surface area contributed by atoms with Crippen molar-refractivity contribution in [1.29, 1.82) is 0 Å². The van der Waals surface area contributed by atoms with Gasteiger partial charge >= 0.3 is 0 Å². The number of ether oxygens (including phenoxy) is 1. The lowest BCUT2D eigenvalue weighted by atomic mass is 10.2. The molecule has 1 atom stereocenters. The molecule has 15 heavy (non-hydrogen) atoms. The smallest absolute Gasteiger partial charge is 0.121 e. The van der Waals surface area contributed by atoms with Crippen molar-refractivity contribution in [2.75, 3.05) is 6.61 Å². The molecule has 0 aromatic heterocycles. The largest absolute Gasteiger partial charge is 0.377 e. The molecule has 1 aromatic rings. The third-order valence-corrected chi connectivity index (χ3v) is 3.60. The molecule has 0 N–H and O–H groups in total. The molecule has 0 spiro atoms. The molecule has 82 valence electrons. The molecule has 0 heterocycles. The highest BCUT2D eigenvalue weighted by atomic mass is 35.5. The van der Waals surface area contributed by atoms with E-state index in [1.54, 1.807) is 0 Å². The van der Waals surface area contributed by atoms with Gasteiger partial charge in [0.2, 0.25) is 0 Å². The van der Waals surface area contributed by atoms with Crippen molar-refractivity contribution in [1.82, 2.24) is 0 Å². The summed E-state index contributed by atoms with van der Waals surface area (Å²) in [4.78, 5) is 0. The molecule has 0 radical (unpaired) electrons. The van der Waals surface area contributed by atoms with Crippen LogP contribution in [0.4, 0.5) is 0 Å². The monoisotopic (exact) mass is 244 g/mol. The van der Waals surface area contributed by atoms with E-state index in [2.05, 4.69) is 12.1 Å². The minimum absolute atomic E-state index is 0.427. The third kappa shape index (κ3) is 3.37. The highest BCUT2D eigenvalue weighted by Crippen LogP contribution is 2.54. The lowest BCUT2D eigenvalue weighted by molar-refractivity contribution is 0.115. The van der Waals surface area contributed by atoms with Gasteiger partial charge in [0.05, 0.1) is 6.61 Å². The van der Waals surface area contributed by atoms with Gasteiger partial charge in [-0.2, -0.15) is 0 Å². The highest BCUT2D eigenvalue weighted by molar-refractivity contribution is 6.50. The van der Waals surface area contributed by atoms with Gasteiger partial charge in [0.1, 0.15) is 4.33 Å². The first-order valence-electron chi connectivity index (χ1n) is 5.18. The van der Waals surface area contributed by atoms with E-state index in [-0.39, 0.29) is 0 Å². The summed E-state index contributed by atoms with van der Waals surface area (Å²) in [5.41, 5.74) is 1.20. The fourth-order valence-electron chi connectivity index (χ4n) is 1.57. The van der Waals surface area contributed by atoms with Crippen molar-refractivity contribution in [3.8, 4) is 0 Å². The van der Waals surface area contributed by atoms with E-state index < -0.39 is 4.33 Å². The van der Waals surface area contributed by atoms with Crippen molar-refractivity contribution >= 4 is 23.2 Å². The molecule has 1 fully saturated rings. The molecule has 1 unspecified atom stereocenters. The van der Waals surface area contributed by atoms with Crippen LogP contribution < -0.4 is 0 Å². The predicted molar refractivity (Wildman–Crippen MR) is 63.3 cm³/mol. The Morgan fingerprint density at radius 1 is 1.27 bits per heavy atom. The number of halogens is 2. The van der Waals surface area contributed by atoms with Crippen molar-refractivity contribution in [3.05, 3.63) is 35.9 Å². The third-order valence-electron chi connectivity index (χ3n) is 2.68. The minimum Gasteiger partial charge on any atom is -0.377 e. The van der Waals surface area contributed by atoms with E-state index in [1.807, 2.05) is 18.2 Å². The van der Waals surface area contributed by atoms with E-state index in [0.29, 0.717) is 12.5 Å². The topological polar surface area (TPSA) is 9.23 Å². The average molecular weight is 245 g/mol. The Morgan fingerprint density at radius 3 is 2.53 bits per heavy atom. The molecular formula is C12H14Cl2O. The summed E-state index contributed by atoms with van der Waals surface area (Å²) in [6.07, 6.45) is 1.87. The lowest BCUT2D eigenvalue weighted by Crippen LogP contribution is -1.99. The van der Waals surface area contributed by atoms with Crippen LogP contribution in [0.15, 0.2) is 30.3 Å². The molecule has 0 amide bonds. The zero-order valence-electron chi connectivity index (χ0n) is 8.46. The molecule has 0 saturated heterocycles. The van der Waals surface area contributed by atoms with Crippen LogP contribution in [0.5, 0.6) is 0 Å². The van der Waals surface area contributed by atoms with Crippen molar-refractivity contribution in [3.63, 3.8) is 0 Å². The Balaban J connectivity index is 1.60. The maximum atomic E-state index is 5.91. The quantitative estimate of drug-likeness (QED) is 0.566. The zero-order valence-corrected chi connectivity index (χ0v) is 9.97. The first-order valence-corrected chi connectivity index (χ1v) is 5.93. The van der Waals surface area contributed by atoms with Gasteiger partial charge in [0.15, 0.2) is 0 Å². The summed E-state index contributed by atoms with van der Waals surface area (Å²) < 4.78 is 5.08. The summed E-state index contributed by atoms with van der Waals surface area (Å²) in [7, 11) is 0. The molecule has 1 saturated carbocycles. The van der Waals surface area contributed by atoms with Crippen LogP contribution in [0.3, 0.4) is 0 Å². The van der Waals surface area contributed by atoms with Gasteiger partial charge < -0.3 is 4.74 Å². The molecule has 1 nitrogen and oxygen atoms in total. The number of rotatable bonds is 5. The average Bonchev–Trinajstić information content (AvgIpc) is 2.83. The second-order valence-corrected chi connectivity index (χ2v) is 5.53. The Morgan fingerprint density at radius 2 is 1.93 bits per heavy atom. The summed E-state index contributed by atoms with van der Waals surface area (Å²) in [5.74, 6) is 0.427. The molecule has 3 heteroatoms. The number of hydrogen-bond donors (Lipinski definition) is 0. The van der Waals surface area contributed by atoms with Crippen molar-refractivity contribution in [2.45, 2.75) is 23.8 Å². The summed E-state index contributed by atoms with van der Waals surface area (Å²) >= 11 is 11.8. The Hall–Kier alpha value is -0.240. The van der Waals surface area contributed by atoms with E-state index in [9.17, 15) is 0 Å². The second kappa shape index (κ2) is 4.73. The Bertz CT molecular complexity index is 311. The fraction of sp³-hybridized carbons (Fsp3) is 0.500. The standard InChI is InChI=1S/C12H14Cl2O/c13-12(14)8-11(12)6-7-15-9-10-4-2-1-3-5-10/h1-5,11H,6-9H2. The van der Waals surface area contributed by atoms with Crippen LogP contribution in [0.25, 0.3) is 0 Å². The Kier molecular flexibility index (Phi) is 3.55. The summed E-state index contributed by atoms with van der Waals surface area (Å²) in [6.45, 7) is 1.41. The highest BCUT2D eigenvalue weighted by Gasteiger charge is 2.50. The first-order chi connectivity index (χ1) is 7.18. The van der Waals surface area contributed by atoms with Crippen LogP contribution in [0.1, 0.15) is 18.4 Å². The lowest BCUT2D eigenvalue weighted by Gasteiger charge is -2.04. The van der Waals surface area contributed by atoms with Crippen LogP contribution in [-0.4, -0.2) is 10.9 Å². The molecule has 2 rings (SSSR count). The zero-order chi connectivity index (χ0) is 10.7. The molecule has 0 aliphatic heterocycles. The number of hydrogen-bond acceptors (Lipinski definition) is 1. The number of benzene rings is 1. The maximum Gasteiger partial charge on any atom is 0.121 e. The minimum atomic E-state index is -0.462. The Labute approximate surface area is 100 Å². The van der Waals surface area contributed by atoms with Crippen molar-refractivity contribution < 1.29 is 4.74 Å². The van der Waals surface area contributed by atoms with Gasteiger partial charge in [-0.1, -0.05) is 30.3 Å². The van der Waals surface area contributed by atoms with E-state index in [0.717, 1.165) is 19.4 Å².